The van der Waals surface area contributed by atoms with Gasteiger partial charge in [-0.25, -0.2) is 0 Å². The molecule has 1 aromatic heterocycles. The maximum atomic E-state index is 12.5. The number of benzene rings is 1. The molecule has 0 N–H and O–H groups in total. The van der Waals surface area contributed by atoms with Gasteiger partial charge in [-0.15, -0.1) is 0 Å². The van der Waals surface area contributed by atoms with E-state index in [1.807, 2.05) is 31.2 Å². The molecule has 1 fully saturated rings. The molecule has 1 aliphatic heterocycles. The summed E-state index contributed by atoms with van der Waals surface area (Å²) < 4.78 is 13.7. The van der Waals surface area contributed by atoms with Crippen molar-refractivity contribution in [3.05, 3.63) is 46.7 Å². The Morgan fingerprint density at radius 2 is 2.38 bits per heavy atom. The van der Waals surface area contributed by atoms with Gasteiger partial charge in [0.25, 0.3) is 5.91 Å². The van der Waals surface area contributed by atoms with Crippen molar-refractivity contribution in [3.8, 4) is 0 Å². The molecule has 2 atom stereocenters. The first-order valence-corrected chi connectivity index (χ1v) is 7.71. The van der Waals surface area contributed by atoms with Crippen LogP contribution >= 0.6 is 23.3 Å². The van der Waals surface area contributed by atoms with Gasteiger partial charge in [0.15, 0.2) is 5.69 Å². The van der Waals surface area contributed by atoms with Crippen LogP contribution in [0.5, 0.6) is 0 Å². The zero-order chi connectivity index (χ0) is 14.8. The minimum absolute atomic E-state index is 0.00892. The highest BCUT2D eigenvalue weighted by molar-refractivity contribution is 6.99. The van der Waals surface area contributed by atoms with Crippen molar-refractivity contribution in [2.45, 2.75) is 19.1 Å². The van der Waals surface area contributed by atoms with Crippen molar-refractivity contribution in [3.63, 3.8) is 0 Å². The highest BCUT2D eigenvalue weighted by Gasteiger charge is 2.32. The number of ether oxygens (including phenoxy) is 1. The van der Waals surface area contributed by atoms with E-state index >= 15 is 0 Å². The molecule has 1 amide bonds. The summed E-state index contributed by atoms with van der Waals surface area (Å²) in [5, 5.41) is 0.663. The number of amides is 1. The summed E-state index contributed by atoms with van der Waals surface area (Å²) in [4.78, 5) is 14.2. The minimum Gasteiger partial charge on any atom is -0.370 e. The van der Waals surface area contributed by atoms with Gasteiger partial charge in [-0.2, -0.15) is 8.75 Å². The van der Waals surface area contributed by atoms with E-state index in [1.54, 1.807) is 4.90 Å². The Balaban J connectivity index is 1.80. The van der Waals surface area contributed by atoms with Gasteiger partial charge in [0.2, 0.25) is 0 Å². The summed E-state index contributed by atoms with van der Waals surface area (Å²) in [5.74, 6) is -0.105. The Morgan fingerprint density at radius 1 is 1.52 bits per heavy atom. The van der Waals surface area contributed by atoms with Gasteiger partial charge in [-0.3, -0.25) is 4.79 Å². The zero-order valence-corrected chi connectivity index (χ0v) is 13.0. The summed E-state index contributed by atoms with van der Waals surface area (Å²) in [6, 6.07) is 7.54. The first-order valence-electron chi connectivity index (χ1n) is 6.61. The van der Waals surface area contributed by atoms with Crippen LogP contribution in [0.25, 0.3) is 0 Å². The van der Waals surface area contributed by atoms with E-state index in [1.165, 1.54) is 6.20 Å². The molecule has 0 radical (unpaired) electrons. The number of carbonyl (C=O) groups excluding carboxylic acids is 1. The van der Waals surface area contributed by atoms with E-state index in [0.717, 1.165) is 17.3 Å². The SMILES string of the molecule is C[C@@H]1CO[C@@H](c2cccc(Cl)c2)CN1C(=O)c1cnsn1. The van der Waals surface area contributed by atoms with Crippen LogP contribution in [0, 0.1) is 0 Å². The topological polar surface area (TPSA) is 55.3 Å². The Hall–Kier alpha value is -1.50. The van der Waals surface area contributed by atoms with E-state index in [0.29, 0.717) is 23.9 Å². The molecule has 0 saturated carbocycles. The second-order valence-electron chi connectivity index (χ2n) is 4.98. The third-order valence-corrected chi connectivity index (χ3v) is 4.21. The molecule has 5 nitrogen and oxygen atoms in total. The minimum atomic E-state index is -0.171. The van der Waals surface area contributed by atoms with Gasteiger partial charge >= 0.3 is 0 Å². The van der Waals surface area contributed by atoms with Crippen LogP contribution in [0.3, 0.4) is 0 Å². The molecule has 1 aliphatic rings. The second-order valence-corrected chi connectivity index (χ2v) is 5.97. The van der Waals surface area contributed by atoms with Crippen molar-refractivity contribution >= 4 is 29.2 Å². The fraction of sp³-hybridized carbons (Fsp3) is 0.357. The molecule has 0 unspecified atom stereocenters. The molecule has 1 saturated heterocycles. The highest BCUT2D eigenvalue weighted by Crippen LogP contribution is 2.27. The Labute approximate surface area is 131 Å². The number of aromatic nitrogens is 2. The maximum Gasteiger partial charge on any atom is 0.275 e. The fourth-order valence-corrected chi connectivity index (χ4v) is 2.96. The third-order valence-electron chi connectivity index (χ3n) is 3.49. The summed E-state index contributed by atoms with van der Waals surface area (Å²) in [6.45, 7) is 2.93. The lowest BCUT2D eigenvalue weighted by atomic mass is 10.1. The van der Waals surface area contributed by atoms with Crippen LogP contribution in [0.2, 0.25) is 5.02 Å². The number of halogens is 1. The monoisotopic (exact) mass is 323 g/mol. The number of morpholine rings is 1. The summed E-state index contributed by atoms with van der Waals surface area (Å²) >= 11 is 7.06. The molecule has 1 aromatic carbocycles. The standard InChI is InChI=1S/C14H14ClN3O2S/c1-9-8-20-13(10-3-2-4-11(15)5-10)7-18(9)14(19)12-6-16-21-17-12/h2-6,9,13H,7-8H2,1H3/t9-,13-/m1/s1. The number of nitrogens with zero attached hydrogens (tertiary/aromatic N) is 3. The molecule has 21 heavy (non-hydrogen) atoms. The smallest absolute Gasteiger partial charge is 0.275 e. The summed E-state index contributed by atoms with van der Waals surface area (Å²) in [7, 11) is 0. The molecule has 0 spiro atoms. The van der Waals surface area contributed by atoms with Gasteiger partial charge in [-0.1, -0.05) is 23.7 Å². The van der Waals surface area contributed by atoms with Crippen LogP contribution in [0.15, 0.2) is 30.5 Å². The van der Waals surface area contributed by atoms with E-state index in [4.69, 9.17) is 16.3 Å². The molecule has 2 aromatic rings. The second kappa shape index (κ2) is 6.09. The lowest BCUT2D eigenvalue weighted by Crippen LogP contribution is -2.48. The third kappa shape index (κ3) is 3.07. The Kier molecular flexibility index (Phi) is 4.19. The number of rotatable bonds is 2. The number of hydrogen-bond donors (Lipinski definition) is 0. The summed E-state index contributed by atoms with van der Waals surface area (Å²) in [6.07, 6.45) is 1.33. The summed E-state index contributed by atoms with van der Waals surface area (Å²) in [5.41, 5.74) is 1.36. The number of hydrogen-bond acceptors (Lipinski definition) is 5. The largest absolute Gasteiger partial charge is 0.370 e. The molecule has 7 heteroatoms. The van der Waals surface area contributed by atoms with Gasteiger partial charge in [0.05, 0.1) is 37.1 Å². The van der Waals surface area contributed by atoms with Crippen molar-refractivity contribution < 1.29 is 9.53 Å². The zero-order valence-electron chi connectivity index (χ0n) is 11.4. The van der Waals surface area contributed by atoms with Crippen molar-refractivity contribution in [1.82, 2.24) is 13.6 Å². The highest BCUT2D eigenvalue weighted by atomic mass is 35.5. The molecule has 3 rings (SSSR count). The Bertz CT molecular complexity index is 635. The molecule has 0 bridgehead atoms. The average molecular weight is 324 g/mol. The van der Waals surface area contributed by atoms with Gasteiger partial charge in [-0.05, 0) is 24.6 Å². The van der Waals surface area contributed by atoms with Crippen molar-refractivity contribution in [2.75, 3.05) is 13.2 Å². The van der Waals surface area contributed by atoms with Crippen molar-refractivity contribution in [1.29, 1.82) is 0 Å². The maximum absolute atomic E-state index is 12.5. The number of carbonyl (C=O) groups is 1. The molecule has 0 aliphatic carbocycles. The molecular formula is C14H14ClN3O2S. The van der Waals surface area contributed by atoms with Crippen LogP contribution in [0.4, 0.5) is 0 Å². The predicted molar refractivity (Wildman–Crippen MR) is 80.6 cm³/mol. The van der Waals surface area contributed by atoms with Crippen LogP contribution in [0.1, 0.15) is 29.1 Å². The first-order chi connectivity index (χ1) is 10.1. The van der Waals surface area contributed by atoms with E-state index < -0.39 is 0 Å². The van der Waals surface area contributed by atoms with E-state index in [9.17, 15) is 4.79 Å². The lowest BCUT2D eigenvalue weighted by Gasteiger charge is -2.37. The van der Waals surface area contributed by atoms with Crippen LogP contribution in [-0.2, 0) is 4.74 Å². The quantitative estimate of drug-likeness (QED) is 0.852. The fourth-order valence-electron chi connectivity index (χ4n) is 2.35. The Morgan fingerprint density at radius 3 is 3.10 bits per heavy atom. The molecule has 110 valence electrons. The average Bonchev–Trinajstić information content (AvgIpc) is 3.01. The lowest BCUT2D eigenvalue weighted by molar-refractivity contribution is -0.0488. The van der Waals surface area contributed by atoms with Gasteiger partial charge in [0.1, 0.15) is 6.10 Å². The molecular weight excluding hydrogens is 310 g/mol. The first kappa shape index (κ1) is 14.4. The van der Waals surface area contributed by atoms with Crippen LogP contribution in [-0.4, -0.2) is 38.7 Å². The van der Waals surface area contributed by atoms with Gasteiger partial charge in [0, 0.05) is 5.02 Å². The van der Waals surface area contributed by atoms with E-state index in [-0.39, 0.29) is 18.1 Å². The van der Waals surface area contributed by atoms with Crippen molar-refractivity contribution in [2.24, 2.45) is 0 Å². The van der Waals surface area contributed by atoms with Gasteiger partial charge < -0.3 is 9.64 Å². The predicted octanol–water partition coefficient (Wildman–Crippen LogP) is 2.79. The normalized spacial score (nSPS) is 22.3. The van der Waals surface area contributed by atoms with Crippen LogP contribution < -0.4 is 0 Å². The van der Waals surface area contributed by atoms with E-state index in [2.05, 4.69) is 8.75 Å². The molecule has 2 heterocycles.